The summed E-state index contributed by atoms with van der Waals surface area (Å²) < 4.78 is 0. The maximum Gasteiger partial charge on any atom is 0.0278 e. The van der Waals surface area contributed by atoms with E-state index in [9.17, 15) is 0 Å². The largest absolute Gasteiger partial charge is 0.0619 e. The summed E-state index contributed by atoms with van der Waals surface area (Å²) in [6.07, 6.45) is 0. The zero-order chi connectivity index (χ0) is 11.4. The Hall–Kier alpha value is -2.00. The fourth-order valence-electron chi connectivity index (χ4n) is 1.49. The van der Waals surface area contributed by atoms with E-state index in [1.165, 1.54) is 11.1 Å². The van der Waals surface area contributed by atoms with Gasteiger partial charge in [0, 0.05) is 11.1 Å². The number of hydrogen-bond donors (Lipinski definition) is 0. The third-order valence-electron chi connectivity index (χ3n) is 2.54. The van der Waals surface area contributed by atoms with Crippen molar-refractivity contribution in [2.75, 3.05) is 0 Å². The highest BCUT2D eigenvalue weighted by atomic mass is 13.9. The monoisotopic (exact) mass is 206 g/mol. The molecule has 0 aromatic heterocycles. The van der Waals surface area contributed by atoms with Crippen LogP contribution in [0.2, 0.25) is 0 Å². The average molecular weight is 206 g/mol. The normalized spacial score (nSPS) is 9.38. The number of rotatable bonds is 0. The summed E-state index contributed by atoms with van der Waals surface area (Å²) in [6, 6.07) is 16.5. The lowest BCUT2D eigenvalue weighted by Crippen LogP contribution is -1.80. The molecule has 2 rings (SSSR count). The maximum atomic E-state index is 3.20. The number of hydrogen-bond acceptors (Lipinski definition) is 0. The third kappa shape index (κ3) is 2.52. The van der Waals surface area contributed by atoms with Crippen molar-refractivity contribution >= 4 is 0 Å². The molecule has 16 heavy (non-hydrogen) atoms. The predicted molar refractivity (Wildman–Crippen MR) is 68.3 cm³/mol. The Bertz CT molecular complexity index is 536. The number of benzene rings is 2. The first-order chi connectivity index (χ1) is 7.75. The van der Waals surface area contributed by atoms with Crippen LogP contribution in [-0.4, -0.2) is 0 Å². The second kappa shape index (κ2) is 4.68. The van der Waals surface area contributed by atoms with Crippen LogP contribution in [0.3, 0.4) is 0 Å². The highest BCUT2D eigenvalue weighted by Gasteiger charge is 1.91. The van der Waals surface area contributed by atoms with Gasteiger partial charge in [-0.05, 0) is 37.6 Å². The Labute approximate surface area is 96.9 Å². The van der Waals surface area contributed by atoms with E-state index >= 15 is 0 Å². The van der Waals surface area contributed by atoms with Crippen LogP contribution in [0.4, 0.5) is 0 Å². The van der Waals surface area contributed by atoms with Crippen LogP contribution in [0.5, 0.6) is 0 Å². The lowest BCUT2D eigenvalue weighted by molar-refractivity contribution is 1.43. The maximum absolute atomic E-state index is 3.20. The van der Waals surface area contributed by atoms with Crippen molar-refractivity contribution in [3.05, 3.63) is 70.8 Å². The van der Waals surface area contributed by atoms with Crippen molar-refractivity contribution in [3.8, 4) is 11.8 Å². The minimum absolute atomic E-state index is 1.06. The molecule has 0 saturated heterocycles. The van der Waals surface area contributed by atoms with Gasteiger partial charge >= 0.3 is 0 Å². The van der Waals surface area contributed by atoms with E-state index in [2.05, 4.69) is 62.1 Å². The molecule has 0 heterocycles. The Morgan fingerprint density at radius 2 is 1.44 bits per heavy atom. The van der Waals surface area contributed by atoms with Gasteiger partial charge in [0.2, 0.25) is 0 Å². The van der Waals surface area contributed by atoms with E-state index < -0.39 is 0 Å². The zero-order valence-electron chi connectivity index (χ0n) is 9.62. The molecule has 0 nitrogen and oxygen atoms in total. The van der Waals surface area contributed by atoms with Crippen molar-refractivity contribution in [2.45, 2.75) is 13.8 Å². The van der Waals surface area contributed by atoms with Gasteiger partial charge in [-0.25, -0.2) is 0 Å². The van der Waals surface area contributed by atoms with Gasteiger partial charge in [0.05, 0.1) is 0 Å². The quantitative estimate of drug-likeness (QED) is 0.576. The highest BCUT2D eigenvalue weighted by Crippen LogP contribution is 2.06. The predicted octanol–water partition coefficient (Wildman–Crippen LogP) is 3.70. The van der Waals surface area contributed by atoms with Gasteiger partial charge in [-0.3, -0.25) is 0 Å². The SMILES string of the molecule is Cc1ccc(C#Cc2ccccc2C)cc1. The molecular weight excluding hydrogens is 192 g/mol. The van der Waals surface area contributed by atoms with Gasteiger partial charge in [0.15, 0.2) is 0 Å². The summed E-state index contributed by atoms with van der Waals surface area (Å²) in [6.45, 7) is 4.16. The molecule has 78 valence electrons. The van der Waals surface area contributed by atoms with Crippen molar-refractivity contribution in [1.29, 1.82) is 0 Å². The summed E-state index contributed by atoms with van der Waals surface area (Å²) in [5.74, 6) is 6.38. The van der Waals surface area contributed by atoms with Gasteiger partial charge in [-0.1, -0.05) is 47.7 Å². The van der Waals surface area contributed by atoms with E-state index in [-0.39, 0.29) is 0 Å². The Morgan fingerprint density at radius 3 is 2.12 bits per heavy atom. The number of aryl methyl sites for hydroxylation is 2. The van der Waals surface area contributed by atoms with E-state index in [4.69, 9.17) is 0 Å². The first kappa shape index (κ1) is 10.5. The molecule has 0 spiro atoms. The lowest BCUT2D eigenvalue weighted by atomic mass is 10.1. The van der Waals surface area contributed by atoms with Crippen molar-refractivity contribution in [2.24, 2.45) is 0 Å². The summed E-state index contributed by atoms with van der Waals surface area (Å²) in [4.78, 5) is 0. The first-order valence-corrected chi connectivity index (χ1v) is 5.40. The molecule has 0 bridgehead atoms. The molecular formula is C16H14. The van der Waals surface area contributed by atoms with Crippen molar-refractivity contribution in [3.63, 3.8) is 0 Å². The van der Waals surface area contributed by atoms with E-state index in [0.717, 1.165) is 11.1 Å². The molecule has 0 aliphatic heterocycles. The van der Waals surface area contributed by atoms with Crippen LogP contribution >= 0.6 is 0 Å². The third-order valence-corrected chi connectivity index (χ3v) is 2.54. The molecule has 2 aromatic rings. The molecule has 0 radical (unpaired) electrons. The molecule has 0 amide bonds. The molecule has 0 atom stereocenters. The summed E-state index contributed by atoms with van der Waals surface area (Å²) in [5.41, 5.74) is 4.65. The van der Waals surface area contributed by atoms with Gasteiger partial charge in [-0.15, -0.1) is 0 Å². The van der Waals surface area contributed by atoms with Crippen LogP contribution in [-0.2, 0) is 0 Å². The van der Waals surface area contributed by atoms with Gasteiger partial charge in [0.25, 0.3) is 0 Å². The Morgan fingerprint density at radius 1 is 0.750 bits per heavy atom. The summed E-state index contributed by atoms with van der Waals surface area (Å²) in [7, 11) is 0. The fraction of sp³-hybridized carbons (Fsp3) is 0.125. The molecule has 0 unspecified atom stereocenters. The van der Waals surface area contributed by atoms with Crippen LogP contribution in [0, 0.1) is 25.7 Å². The van der Waals surface area contributed by atoms with Gasteiger partial charge < -0.3 is 0 Å². The van der Waals surface area contributed by atoms with Crippen molar-refractivity contribution < 1.29 is 0 Å². The second-order valence-electron chi connectivity index (χ2n) is 3.93. The summed E-state index contributed by atoms with van der Waals surface area (Å²) >= 11 is 0. The van der Waals surface area contributed by atoms with E-state index in [0.29, 0.717) is 0 Å². The van der Waals surface area contributed by atoms with Crippen molar-refractivity contribution in [1.82, 2.24) is 0 Å². The fourth-order valence-corrected chi connectivity index (χ4v) is 1.49. The van der Waals surface area contributed by atoms with E-state index in [1.54, 1.807) is 0 Å². The first-order valence-electron chi connectivity index (χ1n) is 5.40. The van der Waals surface area contributed by atoms with Gasteiger partial charge in [0.1, 0.15) is 0 Å². The molecule has 0 aliphatic carbocycles. The standard InChI is InChI=1S/C16H14/c1-13-7-9-15(10-8-13)11-12-16-6-4-3-5-14(16)2/h3-10H,1-2H3. The van der Waals surface area contributed by atoms with Crippen LogP contribution in [0.1, 0.15) is 22.3 Å². The zero-order valence-corrected chi connectivity index (χ0v) is 9.62. The van der Waals surface area contributed by atoms with Gasteiger partial charge in [-0.2, -0.15) is 0 Å². The van der Waals surface area contributed by atoms with Crippen LogP contribution in [0.15, 0.2) is 48.5 Å². The molecule has 0 saturated carbocycles. The molecule has 2 aromatic carbocycles. The molecule has 0 fully saturated rings. The Balaban J connectivity index is 2.29. The van der Waals surface area contributed by atoms with Crippen LogP contribution < -0.4 is 0 Å². The summed E-state index contributed by atoms with van der Waals surface area (Å²) in [5, 5.41) is 0. The van der Waals surface area contributed by atoms with E-state index in [1.807, 2.05) is 12.1 Å². The second-order valence-corrected chi connectivity index (χ2v) is 3.93. The Kier molecular flexibility index (Phi) is 3.08. The minimum atomic E-state index is 1.06. The lowest BCUT2D eigenvalue weighted by Gasteiger charge is -1.95. The van der Waals surface area contributed by atoms with Crippen LogP contribution in [0.25, 0.3) is 0 Å². The highest BCUT2D eigenvalue weighted by molar-refractivity contribution is 5.46. The topological polar surface area (TPSA) is 0 Å². The molecule has 0 heteroatoms. The smallest absolute Gasteiger partial charge is 0.0278 e. The average Bonchev–Trinajstić information content (AvgIpc) is 2.30. The molecule has 0 aliphatic rings. The molecule has 0 N–H and O–H groups in total. The minimum Gasteiger partial charge on any atom is -0.0619 e.